The van der Waals surface area contributed by atoms with E-state index in [2.05, 4.69) is 4.98 Å². The molecule has 8 heteroatoms. The van der Waals surface area contributed by atoms with Crippen molar-refractivity contribution in [2.75, 3.05) is 26.3 Å². The van der Waals surface area contributed by atoms with Crippen LogP contribution in [0.25, 0.3) is 11.0 Å². The maximum atomic E-state index is 12.4. The number of hydrogen-bond donors (Lipinski definition) is 1. The summed E-state index contributed by atoms with van der Waals surface area (Å²) in [6.45, 7) is 1.88. The fourth-order valence-electron chi connectivity index (χ4n) is 3.73. The third-order valence-electron chi connectivity index (χ3n) is 5.44. The average Bonchev–Trinajstić information content (AvgIpc) is 3.18. The van der Waals surface area contributed by atoms with Gasteiger partial charge in [0.05, 0.1) is 12.8 Å². The van der Waals surface area contributed by atoms with Gasteiger partial charge in [0.15, 0.2) is 6.61 Å². The second-order valence-electron chi connectivity index (χ2n) is 7.66. The van der Waals surface area contributed by atoms with Crippen LogP contribution in [0.2, 0.25) is 0 Å². The molecule has 8 nitrogen and oxygen atoms in total. The van der Waals surface area contributed by atoms with Gasteiger partial charge in [-0.3, -0.25) is 9.59 Å². The number of piperidine rings is 1. The first kappa shape index (κ1) is 20.7. The molecule has 4 rings (SSSR count). The molecule has 0 bridgehead atoms. The zero-order valence-corrected chi connectivity index (χ0v) is 17.1. The van der Waals surface area contributed by atoms with Crippen LogP contribution >= 0.6 is 0 Å². The molecule has 0 radical (unpaired) electrons. The van der Waals surface area contributed by atoms with Gasteiger partial charge in [-0.15, -0.1) is 0 Å². The van der Waals surface area contributed by atoms with Gasteiger partial charge < -0.3 is 24.0 Å². The second kappa shape index (κ2) is 9.51. The molecule has 1 aliphatic heterocycles. The molecule has 2 aromatic heterocycles. The number of benzene rings is 1. The lowest BCUT2D eigenvalue weighted by molar-refractivity contribution is -0.137. The van der Waals surface area contributed by atoms with Crippen LogP contribution < -0.4 is 9.47 Å². The lowest BCUT2D eigenvalue weighted by atomic mass is 9.98. The SMILES string of the molecule is O=C(O)Cn1ccc2cc(OCC3CCN(C(=O)COc4ccccc4)CC3)cnc21. The van der Waals surface area contributed by atoms with Gasteiger partial charge in [-0.2, -0.15) is 0 Å². The molecule has 1 saturated heterocycles. The van der Waals surface area contributed by atoms with E-state index in [0.29, 0.717) is 42.8 Å². The summed E-state index contributed by atoms with van der Waals surface area (Å²) in [5, 5.41) is 9.80. The highest BCUT2D eigenvalue weighted by molar-refractivity contribution is 5.79. The van der Waals surface area contributed by atoms with Crippen molar-refractivity contribution in [2.45, 2.75) is 19.4 Å². The van der Waals surface area contributed by atoms with Gasteiger partial charge in [0.25, 0.3) is 5.91 Å². The van der Waals surface area contributed by atoms with E-state index in [9.17, 15) is 9.59 Å². The number of carbonyl (C=O) groups excluding carboxylic acids is 1. The molecule has 0 spiro atoms. The molecule has 1 fully saturated rings. The summed E-state index contributed by atoms with van der Waals surface area (Å²) >= 11 is 0. The maximum Gasteiger partial charge on any atom is 0.323 e. The standard InChI is InChI=1S/C23H25N3O5/c27-21(16-31-19-4-2-1-3-5-19)25-9-6-17(7-10-25)15-30-20-12-18-8-11-26(14-22(28)29)23(18)24-13-20/h1-5,8,11-13,17H,6-7,9-10,14-16H2,(H,28,29). The quantitative estimate of drug-likeness (QED) is 0.599. The van der Waals surface area contributed by atoms with Crippen molar-refractivity contribution in [2.24, 2.45) is 5.92 Å². The number of aliphatic carboxylic acids is 1. The fourth-order valence-corrected chi connectivity index (χ4v) is 3.73. The van der Waals surface area contributed by atoms with E-state index in [1.54, 1.807) is 17.0 Å². The summed E-state index contributed by atoms with van der Waals surface area (Å²) in [6.07, 6.45) is 5.09. The van der Waals surface area contributed by atoms with E-state index in [0.717, 1.165) is 18.2 Å². The summed E-state index contributed by atoms with van der Waals surface area (Å²) < 4.78 is 13.1. The molecule has 0 aliphatic carbocycles. The highest BCUT2D eigenvalue weighted by Crippen LogP contribution is 2.23. The minimum Gasteiger partial charge on any atom is -0.492 e. The van der Waals surface area contributed by atoms with Crippen molar-refractivity contribution in [3.8, 4) is 11.5 Å². The van der Waals surface area contributed by atoms with Crippen molar-refractivity contribution in [3.05, 3.63) is 54.9 Å². The number of carboxylic acids is 1. The van der Waals surface area contributed by atoms with Crippen LogP contribution in [0, 0.1) is 5.92 Å². The monoisotopic (exact) mass is 423 g/mol. The van der Waals surface area contributed by atoms with Crippen LogP contribution in [0.4, 0.5) is 0 Å². The van der Waals surface area contributed by atoms with Gasteiger partial charge in [0.1, 0.15) is 23.7 Å². The Hall–Kier alpha value is -3.55. The topological polar surface area (TPSA) is 93.9 Å². The smallest absolute Gasteiger partial charge is 0.323 e. The number of fused-ring (bicyclic) bond motifs is 1. The minimum atomic E-state index is -0.906. The molecule has 1 N–H and O–H groups in total. The molecule has 162 valence electrons. The summed E-state index contributed by atoms with van der Waals surface area (Å²) in [4.78, 5) is 29.5. The van der Waals surface area contributed by atoms with Crippen LogP contribution in [-0.2, 0) is 16.1 Å². The number of carbonyl (C=O) groups is 2. The Kier molecular flexibility index (Phi) is 6.35. The lowest BCUT2D eigenvalue weighted by Crippen LogP contribution is -2.41. The van der Waals surface area contributed by atoms with E-state index in [1.807, 2.05) is 47.4 Å². The number of nitrogens with zero attached hydrogens (tertiary/aromatic N) is 3. The third kappa shape index (κ3) is 5.33. The van der Waals surface area contributed by atoms with Gasteiger partial charge in [-0.05, 0) is 43.0 Å². The maximum absolute atomic E-state index is 12.4. The molecule has 0 saturated carbocycles. The number of aromatic nitrogens is 2. The van der Waals surface area contributed by atoms with Crippen molar-refractivity contribution in [1.29, 1.82) is 0 Å². The molecule has 0 unspecified atom stereocenters. The number of rotatable bonds is 8. The van der Waals surface area contributed by atoms with Crippen LogP contribution in [0.5, 0.6) is 11.5 Å². The number of carboxylic acid groups (broad SMARTS) is 1. The van der Waals surface area contributed by atoms with Crippen molar-refractivity contribution < 1.29 is 24.2 Å². The van der Waals surface area contributed by atoms with Gasteiger partial charge in [0, 0.05) is 24.7 Å². The number of hydrogen-bond acceptors (Lipinski definition) is 5. The molecule has 1 aliphatic rings. The Bertz CT molecular complexity index is 1040. The molecule has 3 heterocycles. The molecular weight excluding hydrogens is 398 g/mol. The zero-order valence-electron chi connectivity index (χ0n) is 17.1. The fraction of sp³-hybridized carbons (Fsp3) is 0.348. The van der Waals surface area contributed by atoms with Crippen molar-refractivity contribution >= 4 is 22.9 Å². The predicted octanol–water partition coefficient (Wildman–Crippen LogP) is 2.82. The van der Waals surface area contributed by atoms with Gasteiger partial charge >= 0.3 is 5.97 Å². The number of ether oxygens (including phenoxy) is 2. The van der Waals surface area contributed by atoms with E-state index >= 15 is 0 Å². The van der Waals surface area contributed by atoms with Crippen molar-refractivity contribution in [3.63, 3.8) is 0 Å². The zero-order chi connectivity index (χ0) is 21.6. The Morgan fingerprint density at radius 2 is 1.84 bits per heavy atom. The highest BCUT2D eigenvalue weighted by atomic mass is 16.5. The van der Waals surface area contributed by atoms with E-state index < -0.39 is 5.97 Å². The van der Waals surface area contributed by atoms with Crippen LogP contribution in [-0.4, -0.2) is 57.7 Å². The second-order valence-corrected chi connectivity index (χ2v) is 7.66. The molecule has 1 amide bonds. The van der Waals surface area contributed by atoms with Gasteiger partial charge in [-0.1, -0.05) is 18.2 Å². The van der Waals surface area contributed by atoms with E-state index in [-0.39, 0.29) is 19.1 Å². The normalized spacial score (nSPS) is 14.5. The molecule has 1 aromatic carbocycles. The minimum absolute atomic E-state index is 0.00347. The first-order chi connectivity index (χ1) is 15.1. The van der Waals surface area contributed by atoms with Gasteiger partial charge in [-0.25, -0.2) is 4.98 Å². The Balaban J connectivity index is 1.23. The van der Waals surface area contributed by atoms with Crippen LogP contribution in [0.1, 0.15) is 12.8 Å². The molecule has 31 heavy (non-hydrogen) atoms. The number of pyridine rings is 1. The lowest BCUT2D eigenvalue weighted by Gasteiger charge is -2.31. The Morgan fingerprint density at radius 1 is 1.06 bits per heavy atom. The average molecular weight is 423 g/mol. The van der Waals surface area contributed by atoms with Crippen molar-refractivity contribution in [1.82, 2.24) is 14.5 Å². The van der Waals surface area contributed by atoms with Crippen LogP contribution in [0.15, 0.2) is 54.9 Å². The Morgan fingerprint density at radius 3 is 2.58 bits per heavy atom. The summed E-state index contributed by atoms with van der Waals surface area (Å²) in [7, 11) is 0. The highest BCUT2D eigenvalue weighted by Gasteiger charge is 2.23. The molecular formula is C23H25N3O5. The summed E-state index contributed by atoms with van der Waals surface area (Å²) in [5.41, 5.74) is 0.624. The third-order valence-corrected chi connectivity index (χ3v) is 5.44. The summed E-state index contributed by atoms with van der Waals surface area (Å²) in [5.74, 6) is 0.824. The number of amides is 1. The first-order valence-corrected chi connectivity index (χ1v) is 10.3. The largest absolute Gasteiger partial charge is 0.492 e. The molecule has 0 atom stereocenters. The first-order valence-electron chi connectivity index (χ1n) is 10.3. The number of likely N-dealkylation sites (tertiary alicyclic amines) is 1. The van der Waals surface area contributed by atoms with E-state index in [1.165, 1.54) is 0 Å². The number of para-hydroxylation sites is 1. The molecule has 3 aromatic rings. The predicted molar refractivity (Wildman–Crippen MR) is 114 cm³/mol. The Labute approximate surface area is 180 Å². The van der Waals surface area contributed by atoms with Crippen LogP contribution in [0.3, 0.4) is 0 Å². The summed E-state index contributed by atoms with van der Waals surface area (Å²) in [6, 6.07) is 13.0. The van der Waals surface area contributed by atoms with Gasteiger partial charge in [0.2, 0.25) is 0 Å². The van der Waals surface area contributed by atoms with E-state index in [4.69, 9.17) is 14.6 Å².